The van der Waals surface area contributed by atoms with Crippen LogP contribution in [-0.2, 0) is 0 Å². The fourth-order valence-corrected chi connectivity index (χ4v) is 7.80. The largest absolute Gasteiger partial charge is 0.308 e. The Balaban J connectivity index is 1.39. The maximum Gasteiger partial charge on any atom is 0.235 e. The monoisotopic (exact) mass is 586 g/mol. The standard InChI is InChI=1S/C42H24N4/c1-2-12-26(13-3-1)39-32-24-23-25-11-4-5-14-27(25)40(32)44-42(43-39)46-34-20-9-16-29-31-18-8-17-30-28-15-6-7-19-33(28)45(41(30)31)35-21-10-22-36(46)38(35)37(29)34/h1-24H/i18D,19D. The molecule has 0 N–H and O–H groups in total. The predicted molar refractivity (Wildman–Crippen MR) is 191 cm³/mol. The summed E-state index contributed by atoms with van der Waals surface area (Å²) >= 11 is 0. The summed E-state index contributed by atoms with van der Waals surface area (Å²) in [7, 11) is 0. The van der Waals surface area contributed by atoms with Gasteiger partial charge in [0.15, 0.2) is 0 Å². The Hall–Kier alpha value is -6.26. The number of hydrogen-bond acceptors (Lipinski definition) is 2. The number of hydrogen-bond donors (Lipinski definition) is 0. The first-order valence-electron chi connectivity index (χ1n) is 16.5. The maximum absolute atomic E-state index is 9.24. The zero-order chi connectivity index (χ0) is 31.7. The minimum Gasteiger partial charge on any atom is -0.308 e. The third kappa shape index (κ3) is 2.98. The molecule has 0 aliphatic carbocycles. The van der Waals surface area contributed by atoms with Gasteiger partial charge in [-0.15, -0.1) is 0 Å². The van der Waals surface area contributed by atoms with E-state index in [1.165, 1.54) is 0 Å². The van der Waals surface area contributed by atoms with Crippen LogP contribution in [0.5, 0.6) is 0 Å². The second kappa shape index (κ2) is 8.68. The molecule has 0 unspecified atom stereocenters. The van der Waals surface area contributed by atoms with Crippen molar-refractivity contribution < 1.29 is 2.74 Å². The Morgan fingerprint density at radius 3 is 2.13 bits per heavy atom. The van der Waals surface area contributed by atoms with Crippen molar-refractivity contribution in [2.24, 2.45) is 0 Å². The van der Waals surface area contributed by atoms with Crippen LogP contribution in [-0.4, -0.2) is 18.9 Å². The topological polar surface area (TPSA) is 35.1 Å². The Morgan fingerprint density at radius 1 is 0.457 bits per heavy atom. The summed E-state index contributed by atoms with van der Waals surface area (Å²) < 4.78 is 22.7. The summed E-state index contributed by atoms with van der Waals surface area (Å²) in [6.07, 6.45) is 0. The van der Waals surface area contributed by atoms with Crippen LogP contribution in [0.3, 0.4) is 0 Å². The van der Waals surface area contributed by atoms with Crippen LogP contribution in [0.4, 0.5) is 0 Å². The van der Waals surface area contributed by atoms with Gasteiger partial charge in [0.25, 0.3) is 0 Å². The molecule has 0 saturated heterocycles. The fraction of sp³-hybridized carbons (Fsp3) is 0. The van der Waals surface area contributed by atoms with Gasteiger partial charge in [0.1, 0.15) is 0 Å². The molecule has 7 aromatic carbocycles. The van der Waals surface area contributed by atoms with Crippen molar-refractivity contribution >= 4 is 81.6 Å². The van der Waals surface area contributed by atoms with E-state index in [2.05, 4.69) is 100.0 Å². The molecule has 4 heterocycles. The summed E-state index contributed by atoms with van der Waals surface area (Å²) in [5.41, 5.74) is 7.58. The minimum atomic E-state index is 0.456. The smallest absolute Gasteiger partial charge is 0.235 e. The second-order valence-corrected chi connectivity index (χ2v) is 12.0. The van der Waals surface area contributed by atoms with Crippen LogP contribution in [0.25, 0.3) is 98.8 Å². The van der Waals surface area contributed by atoms with Crippen molar-refractivity contribution in [3.05, 3.63) is 146 Å². The molecule has 0 fully saturated rings. The minimum absolute atomic E-state index is 0.456. The number of aromatic nitrogens is 4. The summed E-state index contributed by atoms with van der Waals surface area (Å²) in [6.45, 7) is 0. The van der Waals surface area contributed by atoms with E-state index < -0.39 is 0 Å². The Labute approximate surface area is 265 Å². The molecular weight excluding hydrogens is 560 g/mol. The molecule has 0 spiro atoms. The Morgan fingerprint density at radius 2 is 1.20 bits per heavy atom. The molecule has 0 radical (unpaired) electrons. The molecule has 4 aromatic heterocycles. The summed E-state index contributed by atoms with van der Waals surface area (Å²) in [5, 5.41) is 9.28. The molecule has 0 atom stereocenters. The van der Waals surface area contributed by atoms with Gasteiger partial charge < -0.3 is 4.40 Å². The summed E-state index contributed by atoms with van der Waals surface area (Å²) in [4.78, 5) is 10.7. The van der Waals surface area contributed by atoms with Gasteiger partial charge in [0, 0.05) is 43.3 Å². The van der Waals surface area contributed by atoms with Crippen molar-refractivity contribution in [2.75, 3.05) is 0 Å². The van der Waals surface area contributed by atoms with Gasteiger partial charge in [-0.1, -0.05) is 115 Å². The first kappa shape index (κ1) is 22.3. The van der Waals surface area contributed by atoms with Crippen LogP contribution >= 0.6 is 0 Å². The number of benzene rings is 7. The highest BCUT2D eigenvalue weighted by molar-refractivity contribution is 6.31. The molecule has 46 heavy (non-hydrogen) atoms. The normalized spacial score (nSPS) is 13.0. The van der Waals surface area contributed by atoms with Crippen LogP contribution < -0.4 is 0 Å². The Bertz CT molecular complexity index is 3140. The second-order valence-electron chi connectivity index (χ2n) is 12.0. The van der Waals surface area contributed by atoms with E-state index in [-0.39, 0.29) is 0 Å². The maximum atomic E-state index is 9.24. The quantitative estimate of drug-likeness (QED) is 0.189. The highest BCUT2D eigenvalue weighted by Gasteiger charge is 2.23. The molecule has 4 heteroatoms. The molecule has 4 nitrogen and oxygen atoms in total. The molecule has 0 bridgehead atoms. The lowest BCUT2D eigenvalue weighted by molar-refractivity contribution is 1.02. The molecular formula is C42H24N4. The zero-order valence-corrected chi connectivity index (χ0v) is 24.5. The molecule has 0 saturated carbocycles. The third-order valence-corrected chi connectivity index (χ3v) is 9.67. The first-order valence-corrected chi connectivity index (χ1v) is 15.5. The van der Waals surface area contributed by atoms with E-state index in [1.54, 1.807) is 0 Å². The fourth-order valence-electron chi connectivity index (χ4n) is 7.80. The van der Waals surface area contributed by atoms with Gasteiger partial charge in [-0.25, -0.2) is 9.97 Å². The van der Waals surface area contributed by atoms with E-state index >= 15 is 0 Å². The number of fused-ring (bicyclic) bond motifs is 8. The average Bonchev–Trinajstić information content (AvgIpc) is 3.61. The van der Waals surface area contributed by atoms with Gasteiger partial charge in [-0.05, 0) is 41.1 Å². The van der Waals surface area contributed by atoms with Gasteiger partial charge in [-0.3, -0.25) is 4.57 Å². The SMILES string of the molecule is [2H]c1ccc2c3cccc([2H])c3n3c4cccc5c4c4c(cccc4n5-c4nc(-c5ccccc5)c5ccc6ccccc6c5n4)c1c23. The molecule has 0 aliphatic rings. The van der Waals surface area contributed by atoms with E-state index in [0.717, 1.165) is 92.8 Å². The van der Waals surface area contributed by atoms with Crippen LogP contribution in [0.1, 0.15) is 2.74 Å². The summed E-state index contributed by atoms with van der Waals surface area (Å²) in [6, 6.07) is 46.5. The van der Waals surface area contributed by atoms with Gasteiger partial charge in [-0.2, -0.15) is 0 Å². The lowest BCUT2D eigenvalue weighted by Crippen LogP contribution is -2.04. The van der Waals surface area contributed by atoms with Crippen LogP contribution in [0, 0.1) is 0 Å². The van der Waals surface area contributed by atoms with Gasteiger partial charge in [0.2, 0.25) is 5.95 Å². The predicted octanol–water partition coefficient (Wildman–Crippen LogP) is 10.7. The van der Waals surface area contributed by atoms with E-state index in [4.69, 9.17) is 11.3 Å². The molecule has 0 aliphatic heterocycles. The van der Waals surface area contributed by atoms with E-state index in [9.17, 15) is 1.37 Å². The number of rotatable bonds is 2. The zero-order valence-electron chi connectivity index (χ0n) is 26.5. The molecule has 212 valence electrons. The molecule has 11 aromatic rings. The summed E-state index contributed by atoms with van der Waals surface area (Å²) in [5.74, 6) is 0.593. The van der Waals surface area contributed by atoms with Crippen molar-refractivity contribution in [2.45, 2.75) is 0 Å². The Kier molecular flexibility index (Phi) is 4.20. The average molecular weight is 587 g/mol. The lowest BCUT2D eigenvalue weighted by Gasteiger charge is -2.13. The van der Waals surface area contributed by atoms with Crippen molar-refractivity contribution in [1.82, 2.24) is 18.9 Å². The highest BCUT2D eigenvalue weighted by Crippen LogP contribution is 2.44. The number of nitrogens with zero attached hydrogens (tertiary/aromatic N) is 4. The van der Waals surface area contributed by atoms with Gasteiger partial charge >= 0.3 is 0 Å². The highest BCUT2D eigenvalue weighted by atomic mass is 15.2. The lowest BCUT2D eigenvalue weighted by atomic mass is 10.0. The molecule has 0 amide bonds. The molecule has 11 rings (SSSR count). The van der Waals surface area contributed by atoms with Crippen molar-refractivity contribution in [3.8, 4) is 17.2 Å². The first-order chi connectivity index (χ1) is 23.7. The number of para-hydroxylation sites is 2. The van der Waals surface area contributed by atoms with Crippen LogP contribution in [0.15, 0.2) is 146 Å². The van der Waals surface area contributed by atoms with Crippen molar-refractivity contribution in [3.63, 3.8) is 0 Å². The van der Waals surface area contributed by atoms with E-state index in [1.807, 2.05) is 42.5 Å². The third-order valence-electron chi connectivity index (χ3n) is 9.67. The van der Waals surface area contributed by atoms with Crippen LogP contribution in [0.2, 0.25) is 0 Å². The van der Waals surface area contributed by atoms with Gasteiger partial charge in [0.05, 0.1) is 41.5 Å². The van der Waals surface area contributed by atoms with Crippen molar-refractivity contribution in [1.29, 1.82) is 0 Å². The van der Waals surface area contributed by atoms with E-state index in [0.29, 0.717) is 18.0 Å².